The van der Waals surface area contributed by atoms with Gasteiger partial charge in [-0.25, -0.2) is 0 Å². The highest BCUT2D eigenvalue weighted by atomic mass is 16.5. The first-order chi connectivity index (χ1) is 7.99. The molecule has 1 saturated heterocycles. The number of nitrogens with zero attached hydrogens (tertiary/aromatic N) is 2. The summed E-state index contributed by atoms with van der Waals surface area (Å²) in [6.45, 7) is 5.04. The minimum Gasteiger partial charge on any atom is -0.468 e. The average molecular weight is 243 g/mol. The molecule has 100 valence electrons. The van der Waals surface area contributed by atoms with Crippen molar-refractivity contribution in [2.24, 2.45) is 5.92 Å². The zero-order chi connectivity index (χ0) is 13.0. The molecule has 3 unspecified atom stereocenters. The maximum Gasteiger partial charge on any atom is 0.324 e. The quantitative estimate of drug-likeness (QED) is 0.668. The Labute approximate surface area is 104 Å². The Kier molecular flexibility index (Phi) is 5.36. The zero-order valence-electron chi connectivity index (χ0n) is 11.6. The average Bonchev–Trinajstić information content (AvgIpc) is 2.66. The predicted molar refractivity (Wildman–Crippen MR) is 67.9 cm³/mol. The van der Waals surface area contributed by atoms with Gasteiger partial charge in [0.1, 0.15) is 6.04 Å². The predicted octanol–water partition coefficient (Wildman–Crippen LogP) is -0.371. The third-order valence-electron chi connectivity index (χ3n) is 3.59. The molecule has 0 aromatic rings. The maximum absolute atomic E-state index is 11.5. The van der Waals surface area contributed by atoms with Crippen LogP contribution in [-0.2, 0) is 9.53 Å². The molecular weight excluding hydrogens is 218 g/mol. The van der Waals surface area contributed by atoms with E-state index >= 15 is 0 Å². The number of nitrogens with one attached hydrogen (secondary N) is 1. The molecule has 1 rings (SSSR count). The van der Waals surface area contributed by atoms with E-state index in [0.29, 0.717) is 12.0 Å². The van der Waals surface area contributed by atoms with E-state index in [4.69, 9.17) is 4.74 Å². The van der Waals surface area contributed by atoms with E-state index in [9.17, 15) is 4.79 Å². The molecule has 1 aliphatic heterocycles. The van der Waals surface area contributed by atoms with Crippen molar-refractivity contribution in [2.45, 2.75) is 19.0 Å². The highest BCUT2D eigenvalue weighted by molar-refractivity contribution is 5.75. The first-order valence-electron chi connectivity index (χ1n) is 6.13. The number of carbonyl (C=O) groups is 1. The van der Waals surface area contributed by atoms with Gasteiger partial charge in [-0.15, -0.1) is 0 Å². The van der Waals surface area contributed by atoms with Gasteiger partial charge in [-0.3, -0.25) is 9.69 Å². The van der Waals surface area contributed by atoms with Gasteiger partial charge in [0.25, 0.3) is 0 Å². The Balaban J connectivity index is 2.50. The fraction of sp³-hybridized carbons (Fsp3) is 0.917. The summed E-state index contributed by atoms with van der Waals surface area (Å²) < 4.78 is 4.78. The summed E-state index contributed by atoms with van der Waals surface area (Å²) in [5, 5.41) is 3.01. The molecule has 0 aromatic heterocycles. The van der Waals surface area contributed by atoms with Gasteiger partial charge in [0.2, 0.25) is 0 Å². The first kappa shape index (κ1) is 14.4. The number of likely N-dealkylation sites (N-methyl/N-ethyl adjacent to an activating group) is 2. The minimum atomic E-state index is -0.229. The molecule has 0 aromatic carbocycles. The van der Waals surface area contributed by atoms with Gasteiger partial charge in [0.15, 0.2) is 0 Å². The number of ether oxygens (including phenoxy) is 1. The highest BCUT2D eigenvalue weighted by Crippen LogP contribution is 2.19. The van der Waals surface area contributed by atoms with Gasteiger partial charge < -0.3 is 15.0 Å². The molecular formula is C12H25N3O2. The largest absolute Gasteiger partial charge is 0.468 e. The Morgan fingerprint density at radius 2 is 2.18 bits per heavy atom. The van der Waals surface area contributed by atoms with E-state index in [2.05, 4.69) is 36.1 Å². The topological polar surface area (TPSA) is 44.8 Å². The van der Waals surface area contributed by atoms with E-state index in [0.717, 1.165) is 19.6 Å². The Bertz CT molecular complexity index is 258. The van der Waals surface area contributed by atoms with Crippen LogP contribution in [-0.4, -0.2) is 75.7 Å². The molecule has 0 saturated carbocycles. The first-order valence-corrected chi connectivity index (χ1v) is 6.13. The monoisotopic (exact) mass is 243 g/mol. The number of carbonyl (C=O) groups excluding carboxylic acids is 1. The van der Waals surface area contributed by atoms with E-state index in [1.807, 2.05) is 0 Å². The van der Waals surface area contributed by atoms with Crippen molar-refractivity contribution in [1.29, 1.82) is 0 Å². The molecule has 0 spiro atoms. The van der Waals surface area contributed by atoms with Crippen LogP contribution in [0.1, 0.15) is 6.92 Å². The van der Waals surface area contributed by atoms with Crippen LogP contribution in [0.2, 0.25) is 0 Å². The van der Waals surface area contributed by atoms with Gasteiger partial charge in [-0.05, 0) is 27.1 Å². The second kappa shape index (κ2) is 6.33. The Morgan fingerprint density at radius 1 is 1.53 bits per heavy atom. The SMILES string of the molecule is CNC(CN1CC(C)C(N(C)C)C1)C(=O)OC. The second-order valence-corrected chi connectivity index (χ2v) is 5.09. The standard InChI is InChI=1S/C12H25N3O2/c1-9-6-15(8-11(9)14(3)4)7-10(13-2)12(16)17-5/h9-11,13H,6-8H2,1-5H3. The van der Waals surface area contributed by atoms with E-state index in [-0.39, 0.29) is 12.0 Å². The third kappa shape index (κ3) is 3.66. The van der Waals surface area contributed by atoms with E-state index in [1.54, 1.807) is 7.05 Å². The van der Waals surface area contributed by atoms with Crippen molar-refractivity contribution in [3.63, 3.8) is 0 Å². The summed E-state index contributed by atoms with van der Waals surface area (Å²) in [5.74, 6) is 0.452. The van der Waals surface area contributed by atoms with Gasteiger partial charge in [0, 0.05) is 25.7 Å². The van der Waals surface area contributed by atoms with E-state index in [1.165, 1.54) is 7.11 Å². The Hall–Kier alpha value is -0.650. The van der Waals surface area contributed by atoms with Gasteiger partial charge in [0.05, 0.1) is 7.11 Å². The number of likely N-dealkylation sites (tertiary alicyclic amines) is 1. The van der Waals surface area contributed by atoms with Crippen molar-refractivity contribution in [3.05, 3.63) is 0 Å². The van der Waals surface area contributed by atoms with Crippen molar-refractivity contribution < 1.29 is 9.53 Å². The molecule has 0 aliphatic carbocycles. The van der Waals surface area contributed by atoms with Crippen LogP contribution in [0.15, 0.2) is 0 Å². The molecule has 1 N–H and O–H groups in total. The lowest BCUT2D eigenvalue weighted by atomic mass is 10.1. The van der Waals surface area contributed by atoms with Crippen molar-refractivity contribution >= 4 is 5.97 Å². The zero-order valence-corrected chi connectivity index (χ0v) is 11.6. The normalized spacial score (nSPS) is 27.4. The third-order valence-corrected chi connectivity index (χ3v) is 3.59. The summed E-state index contributed by atoms with van der Waals surface area (Å²) in [7, 11) is 7.45. The summed E-state index contributed by atoms with van der Waals surface area (Å²) in [6, 6.07) is 0.346. The highest BCUT2D eigenvalue weighted by Gasteiger charge is 2.33. The van der Waals surface area contributed by atoms with Gasteiger partial charge >= 0.3 is 5.97 Å². The summed E-state index contributed by atoms with van der Waals surface area (Å²) >= 11 is 0. The summed E-state index contributed by atoms with van der Waals surface area (Å²) in [5.41, 5.74) is 0. The summed E-state index contributed by atoms with van der Waals surface area (Å²) in [4.78, 5) is 16.1. The maximum atomic E-state index is 11.5. The summed E-state index contributed by atoms with van der Waals surface area (Å²) in [6.07, 6.45) is 0. The van der Waals surface area contributed by atoms with Crippen molar-refractivity contribution in [3.8, 4) is 0 Å². The second-order valence-electron chi connectivity index (χ2n) is 5.09. The van der Waals surface area contributed by atoms with Gasteiger partial charge in [-0.2, -0.15) is 0 Å². The van der Waals surface area contributed by atoms with Crippen molar-refractivity contribution in [2.75, 3.05) is 47.9 Å². The number of hydrogen-bond acceptors (Lipinski definition) is 5. The van der Waals surface area contributed by atoms with Crippen LogP contribution in [0.3, 0.4) is 0 Å². The smallest absolute Gasteiger partial charge is 0.324 e. The molecule has 1 fully saturated rings. The molecule has 1 heterocycles. The molecule has 0 bridgehead atoms. The van der Waals surface area contributed by atoms with Crippen molar-refractivity contribution in [1.82, 2.24) is 15.1 Å². The van der Waals surface area contributed by atoms with Crippen LogP contribution in [0.4, 0.5) is 0 Å². The lowest BCUT2D eigenvalue weighted by Gasteiger charge is -2.24. The molecule has 0 radical (unpaired) electrons. The van der Waals surface area contributed by atoms with E-state index < -0.39 is 0 Å². The van der Waals surface area contributed by atoms with Crippen LogP contribution in [0.25, 0.3) is 0 Å². The molecule has 17 heavy (non-hydrogen) atoms. The molecule has 5 heteroatoms. The fourth-order valence-electron chi connectivity index (χ4n) is 2.55. The molecule has 0 amide bonds. The number of methoxy groups -OCH3 is 1. The van der Waals surface area contributed by atoms with Crippen LogP contribution in [0.5, 0.6) is 0 Å². The molecule has 3 atom stereocenters. The lowest BCUT2D eigenvalue weighted by molar-refractivity contribution is -0.143. The number of hydrogen-bond donors (Lipinski definition) is 1. The number of rotatable bonds is 5. The molecule has 5 nitrogen and oxygen atoms in total. The van der Waals surface area contributed by atoms with Crippen LogP contribution in [0, 0.1) is 5.92 Å². The Morgan fingerprint density at radius 3 is 2.59 bits per heavy atom. The van der Waals surface area contributed by atoms with Crippen LogP contribution < -0.4 is 5.32 Å². The fourth-order valence-corrected chi connectivity index (χ4v) is 2.55. The lowest BCUT2D eigenvalue weighted by Crippen LogP contribution is -2.45. The van der Waals surface area contributed by atoms with Gasteiger partial charge in [-0.1, -0.05) is 6.92 Å². The molecule has 1 aliphatic rings. The van der Waals surface area contributed by atoms with Crippen LogP contribution >= 0.6 is 0 Å². The number of esters is 1. The minimum absolute atomic E-state index is 0.187.